The van der Waals surface area contributed by atoms with E-state index in [1.54, 1.807) is 18.2 Å². The third kappa shape index (κ3) is 3.42. The van der Waals surface area contributed by atoms with Crippen LogP contribution in [0.5, 0.6) is 5.75 Å². The van der Waals surface area contributed by atoms with Crippen LogP contribution in [-0.4, -0.2) is 22.5 Å². The first-order valence-electron chi connectivity index (χ1n) is 6.06. The zero-order chi connectivity index (χ0) is 14.4. The highest BCUT2D eigenvalue weighted by atomic mass is 16.5. The van der Waals surface area contributed by atoms with Gasteiger partial charge < -0.3 is 15.5 Å². The number of hydrogen-bond acceptors (Lipinski definition) is 6. The number of aromatic nitrogens is 2. The lowest BCUT2D eigenvalue weighted by molar-refractivity contribution is 0.102. The van der Waals surface area contributed by atoms with E-state index in [0.717, 1.165) is 0 Å². The Labute approximate surface area is 116 Å². The molecule has 7 nitrogen and oxygen atoms in total. The highest BCUT2D eigenvalue weighted by Gasteiger charge is 2.08. The number of anilines is 2. The van der Waals surface area contributed by atoms with Gasteiger partial charge in [0.2, 0.25) is 0 Å². The summed E-state index contributed by atoms with van der Waals surface area (Å²) in [5.41, 5.74) is 3.17. The van der Waals surface area contributed by atoms with Gasteiger partial charge in [-0.2, -0.15) is 0 Å². The molecule has 0 saturated carbocycles. The quantitative estimate of drug-likeness (QED) is 0.562. The maximum atomic E-state index is 12.0. The molecule has 0 radical (unpaired) electrons. The van der Waals surface area contributed by atoms with Gasteiger partial charge in [0, 0.05) is 11.8 Å². The maximum Gasteiger partial charge on any atom is 0.275 e. The number of nitrogens with zero attached hydrogens (tertiary/aromatic N) is 2. The fourth-order valence-electron chi connectivity index (χ4n) is 1.55. The SMILES string of the molecule is CCOc1cccc(NC(=O)c2cnc(NN)cn2)c1. The van der Waals surface area contributed by atoms with Gasteiger partial charge in [-0.05, 0) is 19.1 Å². The Morgan fingerprint density at radius 2 is 2.20 bits per heavy atom. The zero-order valence-electron chi connectivity index (χ0n) is 11.0. The van der Waals surface area contributed by atoms with Crippen LogP contribution in [0.3, 0.4) is 0 Å². The van der Waals surface area contributed by atoms with E-state index in [-0.39, 0.29) is 11.6 Å². The van der Waals surface area contributed by atoms with Gasteiger partial charge in [0.25, 0.3) is 5.91 Å². The molecule has 0 aliphatic heterocycles. The predicted molar refractivity (Wildman–Crippen MR) is 75.4 cm³/mol. The first-order chi connectivity index (χ1) is 9.72. The molecule has 2 rings (SSSR count). The molecular weight excluding hydrogens is 258 g/mol. The third-order valence-corrected chi connectivity index (χ3v) is 2.44. The van der Waals surface area contributed by atoms with Crippen LogP contribution in [0.15, 0.2) is 36.7 Å². The smallest absolute Gasteiger partial charge is 0.275 e. The number of benzene rings is 1. The molecule has 0 unspecified atom stereocenters. The van der Waals surface area contributed by atoms with Crippen molar-refractivity contribution < 1.29 is 9.53 Å². The lowest BCUT2D eigenvalue weighted by atomic mass is 10.3. The van der Waals surface area contributed by atoms with E-state index in [4.69, 9.17) is 10.6 Å². The van der Waals surface area contributed by atoms with Crippen molar-refractivity contribution in [3.63, 3.8) is 0 Å². The van der Waals surface area contributed by atoms with Gasteiger partial charge in [-0.3, -0.25) is 4.79 Å². The molecule has 0 fully saturated rings. The number of hydrogen-bond donors (Lipinski definition) is 3. The largest absolute Gasteiger partial charge is 0.494 e. The van der Waals surface area contributed by atoms with Crippen LogP contribution in [0.25, 0.3) is 0 Å². The van der Waals surface area contributed by atoms with E-state index in [1.165, 1.54) is 12.4 Å². The van der Waals surface area contributed by atoms with Crippen molar-refractivity contribution in [3.8, 4) is 5.75 Å². The Kier molecular flexibility index (Phi) is 4.46. The molecule has 0 saturated heterocycles. The van der Waals surface area contributed by atoms with E-state index in [9.17, 15) is 4.79 Å². The number of carbonyl (C=O) groups excluding carboxylic acids is 1. The minimum atomic E-state index is -0.352. The topological polar surface area (TPSA) is 102 Å². The maximum absolute atomic E-state index is 12.0. The van der Waals surface area contributed by atoms with Gasteiger partial charge in [-0.15, -0.1) is 0 Å². The number of nitrogen functional groups attached to an aromatic ring is 1. The van der Waals surface area contributed by atoms with E-state index < -0.39 is 0 Å². The second kappa shape index (κ2) is 6.48. The molecule has 0 bridgehead atoms. The van der Waals surface area contributed by atoms with Gasteiger partial charge in [-0.1, -0.05) is 6.07 Å². The molecule has 7 heteroatoms. The number of rotatable bonds is 5. The van der Waals surface area contributed by atoms with E-state index in [0.29, 0.717) is 23.9 Å². The van der Waals surface area contributed by atoms with Crippen molar-refractivity contribution in [2.75, 3.05) is 17.3 Å². The average Bonchev–Trinajstić information content (AvgIpc) is 2.48. The van der Waals surface area contributed by atoms with Crippen LogP contribution >= 0.6 is 0 Å². The monoisotopic (exact) mass is 273 g/mol. The van der Waals surface area contributed by atoms with Crippen LogP contribution in [0.2, 0.25) is 0 Å². The second-order valence-corrected chi connectivity index (χ2v) is 3.85. The summed E-state index contributed by atoms with van der Waals surface area (Å²) in [5.74, 6) is 5.91. The normalized spacial score (nSPS) is 9.90. The van der Waals surface area contributed by atoms with Crippen LogP contribution in [0, 0.1) is 0 Å². The molecule has 0 spiro atoms. The summed E-state index contributed by atoms with van der Waals surface area (Å²) in [6, 6.07) is 7.13. The fraction of sp³-hybridized carbons (Fsp3) is 0.154. The van der Waals surface area contributed by atoms with Gasteiger partial charge in [-0.25, -0.2) is 15.8 Å². The number of ether oxygens (including phenoxy) is 1. The van der Waals surface area contributed by atoms with E-state index in [2.05, 4.69) is 20.7 Å². The number of amides is 1. The minimum Gasteiger partial charge on any atom is -0.494 e. The Morgan fingerprint density at radius 3 is 2.85 bits per heavy atom. The number of nitrogens with two attached hydrogens (primary N) is 1. The lowest BCUT2D eigenvalue weighted by Crippen LogP contribution is -2.15. The number of carbonyl (C=O) groups is 1. The molecular formula is C13H15N5O2. The Bertz CT molecular complexity index is 586. The Morgan fingerprint density at radius 1 is 1.35 bits per heavy atom. The standard InChI is InChI=1S/C13H15N5O2/c1-2-20-10-5-3-4-9(6-10)17-13(19)11-7-16-12(18-14)8-15-11/h3-8H,2,14H2,1H3,(H,16,18)(H,17,19). The summed E-state index contributed by atoms with van der Waals surface area (Å²) in [4.78, 5) is 19.9. The average molecular weight is 273 g/mol. The minimum absolute atomic E-state index is 0.200. The van der Waals surface area contributed by atoms with Crippen LogP contribution in [-0.2, 0) is 0 Å². The van der Waals surface area contributed by atoms with Crippen molar-refractivity contribution in [1.82, 2.24) is 9.97 Å². The van der Waals surface area contributed by atoms with Gasteiger partial charge in [0.1, 0.15) is 11.4 Å². The number of nitrogens with one attached hydrogen (secondary N) is 2. The van der Waals surface area contributed by atoms with Crippen molar-refractivity contribution in [2.45, 2.75) is 6.92 Å². The van der Waals surface area contributed by atoms with Gasteiger partial charge >= 0.3 is 0 Å². The molecule has 1 amide bonds. The highest BCUT2D eigenvalue weighted by molar-refractivity contribution is 6.02. The van der Waals surface area contributed by atoms with Gasteiger partial charge in [0.05, 0.1) is 19.0 Å². The van der Waals surface area contributed by atoms with Crippen molar-refractivity contribution >= 4 is 17.4 Å². The van der Waals surface area contributed by atoms with Crippen LogP contribution < -0.4 is 21.3 Å². The summed E-state index contributed by atoms with van der Waals surface area (Å²) in [7, 11) is 0. The van der Waals surface area contributed by atoms with Gasteiger partial charge in [0.15, 0.2) is 5.82 Å². The van der Waals surface area contributed by atoms with Crippen LogP contribution in [0.1, 0.15) is 17.4 Å². The first-order valence-corrected chi connectivity index (χ1v) is 6.06. The molecule has 1 aromatic carbocycles. The molecule has 0 aliphatic carbocycles. The van der Waals surface area contributed by atoms with Crippen molar-refractivity contribution in [2.24, 2.45) is 5.84 Å². The Hall–Kier alpha value is -2.67. The molecule has 4 N–H and O–H groups in total. The highest BCUT2D eigenvalue weighted by Crippen LogP contribution is 2.17. The summed E-state index contributed by atoms with van der Waals surface area (Å²) < 4.78 is 5.36. The molecule has 0 atom stereocenters. The number of hydrazine groups is 1. The zero-order valence-corrected chi connectivity index (χ0v) is 11.0. The van der Waals surface area contributed by atoms with E-state index >= 15 is 0 Å². The van der Waals surface area contributed by atoms with E-state index in [1.807, 2.05) is 13.0 Å². The van der Waals surface area contributed by atoms with Crippen LogP contribution in [0.4, 0.5) is 11.5 Å². The summed E-state index contributed by atoms with van der Waals surface area (Å²) in [5, 5.41) is 2.72. The Balaban J connectivity index is 2.08. The van der Waals surface area contributed by atoms with Crippen molar-refractivity contribution in [3.05, 3.63) is 42.4 Å². The molecule has 0 aliphatic rings. The molecule has 2 aromatic rings. The third-order valence-electron chi connectivity index (χ3n) is 2.44. The second-order valence-electron chi connectivity index (χ2n) is 3.85. The summed E-state index contributed by atoms with van der Waals surface area (Å²) in [6.45, 7) is 2.46. The van der Waals surface area contributed by atoms with Crippen molar-refractivity contribution in [1.29, 1.82) is 0 Å². The summed E-state index contributed by atoms with van der Waals surface area (Å²) in [6.07, 6.45) is 2.72. The molecule has 20 heavy (non-hydrogen) atoms. The fourth-order valence-corrected chi connectivity index (χ4v) is 1.55. The molecule has 104 valence electrons. The predicted octanol–water partition coefficient (Wildman–Crippen LogP) is 1.41. The molecule has 1 aromatic heterocycles. The summed E-state index contributed by atoms with van der Waals surface area (Å²) >= 11 is 0. The lowest BCUT2D eigenvalue weighted by Gasteiger charge is -2.07. The molecule has 1 heterocycles. The first kappa shape index (κ1) is 13.8.